The van der Waals surface area contributed by atoms with Gasteiger partial charge in [-0.3, -0.25) is 0 Å². The molecular weight excluding hydrogens is 202 g/mol. The molecule has 1 saturated heterocycles. The van der Waals surface area contributed by atoms with Crippen molar-refractivity contribution in [1.29, 1.82) is 0 Å². The maximum Gasteiger partial charge on any atom is 0.119 e. The zero-order valence-corrected chi connectivity index (χ0v) is 9.47. The first kappa shape index (κ1) is 9.97. The molecule has 0 spiro atoms. The minimum absolute atomic E-state index is 0.367. The van der Waals surface area contributed by atoms with Crippen molar-refractivity contribution >= 4 is 5.69 Å². The van der Waals surface area contributed by atoms with Crippen LogP contribution in [0.1, 0.15) is 0 Å². The molecule has 1 aliphatic heterocycles. The lowest BCUT2D eigenvalue weighted by Crippen LogP contribution is -2.24. The third-order valence-electron chi connectivity index (χ3n) is 4.02. The third-order valence-corrected chi connectivity index (χ3v) is 4.02. The van der Waals surface area contributed by atoms with E-state index in [4.69, 9.17) is 9.84 Å². The Labute approximate surface area is 95.6 Å². The van der Waals surface area contributed by atoms with Crippen LogP contribution in [0.2, 0.25) is 0 Å². The van der Waals surface area contributed by atoms with Crippen molar-refractivity contribution in [3.05, 3.63) is 24.3 Å². The van der Waals surface area contributed by atoms with Crippen LogP contribution >= 0.6 is 0 Å². The van der Waals surface area contributed by atoms with Crippen molar-refractivity contribution in [2.45, 2.75) is 0 Å². The van der Waals surface area contributed by atoms with Crippen molar-refractivity contribution in [3.63, 3.8) is 0 Å². The van der Waals surface area contributed by atoms with E-state index < -0.39 is 0 Å². The Morgan fingerprint density at radius 2 is 1.88 bits per heavy atom. The summed E-state index contributed by atoms with van der Waals surface area (Å²) in [7, 11) is 1.69. The summed E-state index contributed by atoms with van der Waals surface area (Å²) in [5.74, 6) is 2.94. The molecule has 0 bridgehead atoms. The first-order chi connectivity index (χ1) is 7.83. The van der Waals surface area contributed by atoms with E-state index in [2.05, 4.69) is 17.0 Å². The number of hydrogen-bond acceptors (Lipinski definition) is 3. The molecule has 3 rings (SSSR count). The van der Waals surface area contributed by atoms with Gasteiger partial charge in [0.1, 0.15) is 5.75 Å². The molecule has 1 aromatic rings. The molecule has 3 nitrogen and oxygen atoms in total. The number of fused-ring (bicyclic) bond motifs is 1. The van der Waals surface area contributed by atoms with Gasteiger partial charge >= 0.3 is 0 Å². The van der Waals surface area contributed by atoms with Crippen LogP contribution in [0.5, 0.6) is 5.75 Å². The fourth-order valence-corrected chi connectivity index (χ4v) is 2.92. The Balaban J connectivity index is 1.67. The molecule has 16 heavy (non-hydrogen) atoms. The number of nitrogens with zero attached hydrogens (tertiary/aromatic N) is 1. The second-order valence-electron chi connectivity index (χ2n) is 4.78. The van der Waals surface area contributed by atoms with Crippen molar-refractivity contribution in [2.75, 3.05) is 31.7 Å². The van der Waals surface area contributed by atoms with E-state index in [-0.39, 0.29) is 0 Å². The van der Waals surface area contributed by atoms with E-state index in [1.807, 2.05) is 12.1 Å². The smallest absolute Gasteiger partial charge is 0.119 e. The highest BCUT2D eigenvalue weighted by molar-refractivity contribution is 5.51. The number of piperidine rings is 1. The Kier molecular flexibility index (Phi) is 2.28. The summed E-state index contributed by atoms with van der Waals surface area (Å²) in [5, 5.41) is 9.10. The first-order valence-electron chi connectivity index (χ1n) is 5.83. The van der Waals surface area contributed by atoms with Crippen LogP contribution in [0.15, 0.2) is 24.3 Å². The molecule has 86 valence electrons. The molecule has 0 amide bonds. The minimum atomic E-state index is 0.367. The molecule has 0 aromatic heterocycles. The molecule has 1 N–H and O–H groups in total. The highest BCUT2D eigenvalue weighted by Crippen LogP contribution is 2.52. The van der Waals surface area contributed by atoms with Gasteiger partial charge in [-0.1, -0.05) is 0 Å². The van der Waals surface area contributed by atoms with Gasteiger partial charge in [-0.05, 0) is 42.0 Å². The third kappa shape index (κ3) is 1.47. The Morgan fingerprint density at radius 1 is 1.25 bits per heavy atom. The summed E-state index contributed by atoms with van der Waals surface area (Å²) in [6.07, 6.45) is 0. The van der Waals surface area contributed by atoms with Crippen molar-refractivity contribution in [1.82, 2.24) is 0 Å². The lowest BCUT2D eigenvalue weighted by Gasteiger charge is -2.21. The van der Waals surface area contributed by atoms with Crippen LogP contribution in [0.3, 0.4) is 0 Å². The van der Waals surface area contributed by atoms with Gasteiger partial charge in [0.25, 0.3) is 0 Å². The zero-order chi connectivity index (χ0) is 11.1. The van der Waals surface area contributed by atoms with Gasteiger partial charge in [0.2, 0.25) is 0 Å². The number of hydrogen-bond donors (Lipinski definition) is 1. The van der Waals surface area contributed by atoms with Gasteiger partial charge in [0.15, 0.2) is 0 Å². The maximum absolute atomic E-state index is 9.10. The Bertz CT molecular complexity index is 364. The van der Waals surface area contributed by atoms with Gasteiger partial charge < -0.3 is 14.7 Å². The number of rotatable bonds is 3. The largest absolute Gasteiger partial charge is 0.497 e. The lowest BCUT2D eigenvalue weighted by atomic mass is 10.2. The Morgan fingerprint density at radius 3 is 2.38 bits per heavy atom. The van der Waals surface area contributed by atoms with E-state index >= 15 is 0 Å². The highest BCUT2D eigenvalue weighted by atomic mass is 16.5. The molecule has 2 fully saturated rings. The van der Waals surface area contributed by atoms with Crippen LogP contribution in [0.25, 0.3) is 0 Å². The van der Waals surface area contributed by atoms with Gasteiger partial charge in [0.05, 0.1) is 7.11 Å². The molecular formula is C13H17NO2. The highest BCUT2D eigenvalue weighted by Gasteiger charge is 2.55. The topological polar surface area (TPSA) is 32.7 Å². The molecule has 2 aliphatic rings. The summed E-state index contributed by atoms with van der Waals surface area (Å²) < 4.78 is 5.14. The van der Waals surface area contributed by atoms with Crippen molar-refractivity contribution in [3.8, 4) is 5.75 Å². The molecule has 2 unspecified atom stereocenters. The zero-order valence-electron chi connectivity index (χ0n) is 9.47. The quantitative estimate of drug-likeness (QED) is 0.833. The van der Waals surface area contributed by atoms with Crippen LogP contribution < -0.4 is 9.64 Å². The number of anilines is 1. The first-order valence-corrected chi connectivity index (χ1v) is 5.83. The number of ether oxygens (including phenoxy) is 1. The molecule has 3 heteroatoms. The fraction of sp³-hybridized carbons (Fsp3) is 0.538. The fourth-order valence-electron chi connectivity index (χ4n) is 2.92. The summed E-state index contributed by atoms with van der Waals surface area (Å²) >= 11 is 0. The molecule has 2 atom stereocenters. The van der Waals surface area contributed by atoms with E-state index in [1.165, 1.54) is 5.69 Å². The normalized spacial score (nSPS) is 31.4. The summed E-state index contributed by atoms with van der Waals surface area (Å²) in [6, 6.07) is 8.22. The average Bonchev–Trinajstić information content (AvgIpc) is 2.81. The van der Waals surface area contributed by atoms with Crippen LogP contribution in [-0.2, 0) is 0 Å². The molecule has 1 aliphatic carbocycles. The number of aliphatic hydroxyl groups excluding tert-OH is 1. The van der Waals surface area contributed by atoms with Crippen molar-refractivity contribution < 1.29 is 9.84 Å². The summed E-state index contributed by atoms with van der Waals surface area (Å²) in [6.45, 7) is 2.57. The standard InChI is InChI=1S/C13H17NO2/c1-16-10-4-2-9(3-5-10)14-6-11-12(7-14)13(11)8-15/h2-5,11-13,15H,6-8H2,1H3. The summed E-state index contributed by atoms with van der Waals surface area (Å²) in [5.41, 5.74) is 1.27. The van der Waals surface area contributed by atoms with E-state index in [0.717, 1.165) is 30.7 Å². The van der Waals surface area contributed by atoms with E-state index in [9.17, 15) is 0 Å². The molecule has 1 heterocycles. The van der Waals surface area contributed by atoms with Gasteiger partial charge in [-0.2, -0.15) is 0 Å². The van der Waals surface area contributed by atoms with Crippen LogP contribution in [0, 0.1) is 17.8 Å². The summed E-state index contributed by atoms with van der Waals surface area (Å²) in [4.78, 5) is 2.40. The second-order valence-corrected chi connectivity index (χ2v) is 4.78. The molecule has 0 radical (unpaired) electrons. The SMILES string of the molecule is COc1ccc(N2CC3C(CO)C3C2)cc1. The van der Waals surface area contributed by atoms with Gasteiger partial charge in [0, 0.05) is 25.4 Å². The number of benzene rings is 1. The minimum Gasteiger partial charge on any atom is -0.497 e. The monoisotopic (exact) mass is 219 g/mol. The van der Waals surface area contributed by atoms with Crippen LogP contribution in [0.4, 0.5) is 5.69 Å². The lowest BCUT2D eigenvalue weighted by molar-refractivity contribution is 0.260. The molecule has 1 aromatic carbocycles. The van der Waals surface area contributed by atoms with Gasteiger partial charge in [-0.15, -0.1) is 0 Å². The maximum atomic E-state index is 9.10. The second kappa shape index (κ2) is 3.67. The predicted octanol–water partition coefficient (Wildman–Crippen LogP) is 1.37. The van der Waals surface area contributed by atoms with E-state index in [1.54, 1.807) is 7.11 Å². The average molecular weight is 219 g/mol. The van der Waals surface area contributed by atoms with Gasteiger partial charge in [-0.25, -0.2) is 0 Å². The Hall–Kier alpha value is -1.22. The number of methoxy groups -OCH3 is 1. The van der Waals surface area contributed by atoms with Crippen molar-refractivity contribution in [2.24, 2.45) is 17.8 Å². The predicted molar refractivity (Wildman–Crippen MR) is 62.8 cm³/mol. The molecule has 1 saturated carbocycles. The van der Waals surface area contributed by atoms with E-state index in [0.29, 0.717) is 12.5 Å². The number of aliphatic hydroxyl groups is 1. The van der Waals surface area contributed by atoms with Crippen LogP contribution in [-0.4, -0.2) is 31.9 Å².